The highest BCUT2D eigenvalue weighted by molar-refractivity contribution is 5.45. The van der Waals surface area contributed by atoms with Crippen LogP contribution < -0.4 is 20.1 Å². The molecule has 27 heavy (non-hydrogen) atoms. The maximum Gasteiger partial charge on any atom is 0.244 e. The Kier molecular flexibility index (Phi) is 4.95. The second-order valence-electron chi connectivity index (χ2n) is 6.01. The Hall–Kier alpha value is -3.42. The van der Waals surface area contributed by atoms with Crippen LogP contribution in [0.2, 0.25) is 0 Å². The molecule has 0 unspecified atom stereocenters. The number of benzene rings is 2. The monoisotopic (exact) mass is 367 g/mol. The molecule has 0 fully saturated rings. The fourth-order valence-electron chi connectivity index (χ4n) is 2.68. The first-order chi connectivity index (χ1) is 13.3. The van der Waals surface area contributed by atoms with Gasteiger partial charge in [0.15, 0.2) is 17.3 Å². The second kappa shape index (κ2) is 7.86. The van der Waals surface area contributed by atoms with Crippen LogP contribution in [0, 0.1) is 5.82 Å². The molecular formula is C19H18FN5O2. The van der Waals surface area contributed by atoms with Crippen molar-refractivity contribution in [3.05, 3.63) is 65.6 Å². The molecule has 0 radical (unpaired) electrons. The van der Waals surface area contributed by atoms with Gasteiger partial charge in [0.2, 0.25) is 12.7 Å². The maximum atomic E-state index is 12.9. The number of anilines is 2. The molecule has 0 atom stereocenters. The zero-order valence-corrected chi connectivity index (χ0v) is 14.5. The van der Waals surface area contributed by atoms with Gasteiger partial charge in [0.05, 0.1) is 6.20 Å². The van der Waals surface area contributed by atoms with Crippen LogP contribution in [-0.4, -0.2) is 28.5 Å². The molecule has 0 spiro atoms. The largest absolute Gasteiger partial charge is 0.454 e. The van der Waals surface area contributed by atoms with Gasteiger partial charge in [0.25, 0.3) is 0 Å². The Labute approximate surface area is 155 Å². The first-order valence-corrected chi connectivity index (χ1v) is 8.57. The molecule has 2 heterocycles. The van der Waals surface area contributed by atoms with Crippen molar-refractivity contribution in [2.45, 2.75) is 13.0 Å². The van der Waals surface area contributed by atoms with E-state index in [0.29, 0.717) is 24.9 Å². The van der Waals surface area contributed by atoms with Crippen molar-refractivity contribution in [3.63, 3.8) is 0 Å². The summed E-state index contributed by atoms with van der Waals surface area (Å²) < 4.78 is 23.6. The zero-order valence-electron chi connectivity index (χ0n) is 14.5. The number of hydrogen-bond donors (Lipinski definition) is 2. The number of nitrogens with zero attached hydrogens (tertiary/aromatic N) is 3. The summed E-state index contributed by atoms with van der Waals surface area (Å²) in [5, 5.41) is 14.3. The van der Waals surface area contributed by atoms with Crippen LogP contribution >= 0.6 is 0 Å². The van der Waals surface area contributed by atoms with Crippen LogP contribution in [0.1, 0.15) is 11.1 Å². The Balaban J connectivity index is 1.30. The minimum Gasteiger partial charge on any atom is -0.454 e. The van der Waals surface area contributed by atoms with E-state index in [-0.39, 0.29) is 12.6 Å². The van der Waals surface area contributed by atoms with E-state index in [2.05, 4.69) is 25.8 Å². The summed E-state index contributed by atoms with van der Waals surface area (Å²) in [6.45, 7) is 1.45. The molecule has 4 rings (SSSR count). The van der Waals surface area contributed by atoms with Crippen molar-refractivity contribution in [1.29, 1.82) is 0 Å². The predicted octanol–water partition coefficient (Wildman–Crippen LogP) is 3.01. The summed E-state index contributed by atoms with van der Waals surface area (Å²) in [6.07, 6.45) is 2.32. The molecule has 1 aliphatic heterocycles. The van der Waals surface area contributed by atoms with Gasteiger partial charge in [-0.3, -0.25) is 0 Å². The van der Waals surface area contributed by atoms with E-state index in [4.69, 9.17) is 9.47 Å². The molecule has 7 nitrogen and oxygen atoms in total. The van der Waals surface area contributed by atoms with Gasteiger partial charge in [-0.2, -0.15) is 10.1 Å². The highest BCUT2D eigenvalue weighted by Gasteiger charge is 2.13. The van der Waals surface area contributed by atoms with Gasteiger partial charge in [0, 0.05) is 13.1 Å². The van der Waals surface area contributed by atoms with E-state index in [1.54, 1.807) is 18.3 Å². The average Bonchev–Trinajstić information content (AvgIpc) is 3.16. The third-order valence-electron chi connectivity index (χ3n) is 4.08. The summed E-state index contributed by atoms with van der Waals surface area (Å²) in [6, 6.07) is 12.2. The fraction of sp³-hybridized carbons (Fsp3) is 0.211. The number of hydrogen-bond acceptors (Lipinski definition) is 7. The number of rotatable bonds is 7. The quantitative estimate of drug-likeness (QED) is 0.664. The van der Waals surface area contributed by atoms with Gasteiger partial charge >= 0.3 is 0 Å². The maximum absolute atomic E-state index is 12.9. The number of fused-ring (bicyclic) bond motifs is 1. The van der Waals surface area contributed by atoms with E-state index < -0.39 is 0 Å². The zero-order chi connectivity index (χ0) is 18.5. The second-order valence-corrected chi connectivity index (χ2v) is 6.01. The van der Waals surface area contributed by atoms with E-state index >= 15 is 0 Å². The number of halogens is 1. The Morgan fingerprint density at radius 3 is 2.67 bits per heavy atom. The molecule has 0 amide bonds. The van der Waals surface area contributed by atoms with Crippen LogP contribution in [0.25, 0.3) is 0 Å². The topological polar surface area (TPSA) is 81.2 Å². The molecule has 1 aromatic heterocycles. The highest BCUT2D eigenvalue weighted by atomic mass is 19.1. The van der Waals surface area contributed by atoms with Crippen LogP contribution in [0.4, 0.5) is 16.2 Å². The SMILES string of the molecule is Fc1ccc(CCNc2cnnc(NCc3ccc4c(c3)OCO4)n2)cc1. The fourth-order valence-corrected chi connectivity index (χ4v) is 2.68. The molecule has 3 aromatic rings. The minimum absolute atomic E-state index is 0.232. The molecule has 0 saturated heterocycles. The van der Waals surface area contributed by atoms with Crippen molar-refractivity contribution in [2.24, 2.45) is 0 Å². The number of nitrogens with one attached hydrogen (secondary N) is 2. The van der Waals surface area contributed by atoms with Crippen molar-refractivity contribution in [1.82, 2.24) is 15.2 Å². The summed E-state index contributed by atoms with van der Waals surface area (Å²) in [5.74, 6) is 2.32. The molecule has 0 saturated carbocycles. The molecule has 138 valence electrons. The number of aromatic nitrogens is 3. The van der Waals surface area contributed by atoms with Gasteiger partial charge in [-0.05, 0) is 41.8 Å². The lowest BCUT2D eigenvalue weighted by Gasteiger charge is -2.08. The first kappa shape index (κ1) is 17.0. The third kappa shape index (κ3) is 4.41. The molecule has 0 bridgehead atoms. The van der Waals surface area contributed by atoms with Crippen molar-refractivity contribution in [3.8, 4) is 11.5 Å². The molecular weight excluding hydrogens is 349 g/mol. The predicted molar refractivity (Wildman–Crippen MR) is 98.3 cm³/mol. The van der Waals surface area contributed by atoms with Crippen molar-refractivity contribution in [2.75, 3.05) is 24.0 Å². The van der Waals surface area contributed by atoms with Gasteiger partial charge in [-0.15, -0.1) is 5.10 Å². The summed E-state index contributed by atoms with van der Waals surface area (Å²) in [4.78, 5) is 4.39. The van der Waals surface area contributed by atoms with Gasteiger partial charge in [-0.1, -0.05) is 18.2 Å². The standard InChI is InChI=1S/C19H18FN5O2/c20-15-4-1-13(2-5-15)7-8-21-18-11-23-25-19(24-18)22-10-14-3-6-16-17(9-14)27-12-26-16/h1-6,9,11H,7-8,10,12H2,(H2,21,22,24,25). The molecule has 1 aliphatic rings. The van der Waals surface area contributed by atoms with Gasteiger partial charge < -0.3 is 20.1 Å². The minimum atomic E-state index is -0.232. The van der Waals surface area contributed by atoms with Gasteiger partial charge in [0.1, 0.15) is 5.82 Å². The number of ether oxygens (including phenoxy) is 2. The summed E-state index contributed by atoms with van der Waals surface area (Å²) >= 11 is 0. The van der Waals surface area contributed by atoms with Crippen molar-refractivity contribution < 1.29 is 13.9 Å². The van der Waals surface area contributed by atoms with Gasteiger partial charge in [-0.25, -0.2) is 4.39 Å². The normalized spacial score (nSPS) is 12.0. The lowest BCUT2D eigenvalue weighted by molar-refractivity contribution is 0.174. The van der Waals surface area contributed by atoms with Crippen LogP contribution in [-0.2, 0) is 13.0 Å². The van der Waals surface area contributed by atoms with Crippen LogP contribution in [0.15, 0.2) is 48.7 Å². The lowest BCUT2D eigenvalue weighted by atomic mass is 10.1. The molecule has 2 N–H and O–H groups in total. The van der Waals surface area contributed by atoms with E-state index in [1.807, 2.05) is 18.2 Å². The Bertz CT molecular complexity index is 920. The van der Waals surface area contributed by atoms with Crippen LogP contribution in [0.5, 0.6) is 11.5 Å². The average molecular weight is 367 g/mol. The Morgan fingerprint density at radius 1 is 0.963 bits per heavy atom. The molecule has 2 aromatic carbocycles. The Morgan fingerprint density at radius 2 is 1.78 bits per heavy atom. The van der Waals surface area contributed by atoms with Crippen molar-refractivity contribution >= 4 is 11.8 Å². The smallest absolute Gasteiger partial charge is 0.244 e. The molecule has 0 aliphatic carbocycles. The highest BCUT2D eigenvalue weighted by Crippen LogP contribution is 2.32. The van der Waals surface area contributed by atoms with Crippen LogP contribution in [0.3, 0.4) is 0 Å². The first-order valence-electron chi connectivity index (χ1n) is 8.57. The third-order valence-corrected chi connectivity index (χ3v) is 4.08. The lowest BCUT2D eigenvalue weighted by Crippen LogP contribution is -2.10. The van der Waals surface area contributed by atoms with E-state index in [1.165, 1.54) is 12.1 Å². The summed E-state index contributed by atoms with van der Waals surface area (Å²) in [7, 11) is 0. The summed E-state index contributed by atoms with van der Waals surface area (Å²) in [5.41, 5.74) is 2.07. The molecule has 8 heteroatoms. The van der Waals surface area contributed by atoms with E-state index in [9.17, 15) is 4.39 Å². The van der Waals surface area contributed by atoms with E-state index in [0.717, 1.165) is 29.0 Å².